The summed E-state index contributed by atoms with van der Waals surface area (Å²) in [7, 11) is -2.82. The van der Waals surface area contributed by atoms with Gasteiger partial charge >= 0.3 is 5.97 Å². The lowest BCUT2D eigenvalue weighted by atomic mass is 10.2. The van der Waals surface area contributed by atoms with Crippen LogP contribution in [0.3, 0.4) is 0 Å². The number of sulfonamides is 1. The lowest BCUT2D eigenvalue weighted by Gasteiger charge is -2.14. The zero-order chi connectivity index (χ0) is 30.8. The van der Waals surface area contributed by atoms with E-state index in [1.165, 1.54) is 34.5 Å². The topological polar surface area (TPSA) is 172 Å². The molecule has 0 fully saturated rings. The summed E-state index contributed by atoms with van der Waals surface area (Å²) in [5, 5.41) is 13.2. The second kappa shape index (κ2) is 11.9. The van der Waals surface area contributed by atoms with Crippen LogP contribution in [0.15, 0.2) is 82.5 Å². The Morgan fingerprint density at radius 3 is 2.40 bits per heavy atom. The molecule has 0 aliphatic carbocycles. The van der Waals surface area contributed by atoms with Gasteiger partial charge in [-0.05, 0) is 50.2 Å². The molecule has 0 spiro atoms. The van der Waals surface area contributed by atoms with Crippen molar-refractivity contribution >= 4 is 50.6 Å². The van der Waals surface area contributed by atoms with Crippen LogP contribution in [-0.4, -0.2) is 40.7 Å². The summed E-state index contributed by atoms with van der Waals surface area (Å²) in [6.45, 7) is 2.84. The van der Waals surface area contributed by atoms with Gasteiger partial charge in [0.1, 0.15) is 5.69 Å². The SMILES string of the molecule is Cc1c(NS(=O)(=O)c2cc(Cl)cc(C(=O)OC(C)C(=O)Nc3cccc([N+](=O)[O-])c3)c2)c(=O)n(-c2ccccc2)n1C. The second-order valence-corrected chi connectivity index (χ2v) is 11.2. The summed E-state index contributed by atoms with van der Waals surface area (Å²) in [4.78, 5) is 48.4. The van der Waals surface area contributed by atoms with Crippen LogP contribution in [0.25, 0.3) is 5.69 Å². The molecule has 0 saturated heterocycles. The molecule has 1 heterocycles. The van der Waals surface area contributed by atoms with E-state index in [1.54, 1.807) is 44.3 Å². The molecule has 0 bridgehead atoms. The molecule has 0 aliphatic heterocycles. The lowest BCUT2D eigenvalue weighted by Crippen LogP contribution is -2.30. The molecule has 15 heteroatoms. The van der Waals surface area contributed by atoms with Crippen LogP contribution in [0.2, 0.25) is 5.02 Å². The predicted molar refractivity (Wildman–Crippen MR) is 155 cm³/mol. The molecule has 4 rings (SSSR count). The van der Waals surface area contributed by atoms with Gasteiger partial charge in [-0.25, -0.2) is 17.9 Å². The summed E-state index contributed by atoms with van der Waals surface area (Å²) < 4.78 is 36.9. The molecule has 4 aromatic rings. The zero-order valence-corrected chi connectivity index (χ0v) is 24.0. The van der Waals surface area contributed by atoms with Crippen LogP contribution < -0.4 is 15.6 Å². The number of para-hydroxylation sites is 1. The molecule has 218 valence electrons. The van der Waals surface area contributed by atoms with Crippen molar-refractivity contribution in [2.45, 2.75) is 24.8 Å². The smallest absolute Gasteiger partial charge is 0.338 e. The average Bonchev–Trinajstić information content (AvgIpc) is 3.15. The molecule has 0 radical (unpaired) electrons. The number of hydrogen-bond acceptors (Lipinski definition) is 8. The summed E-state index contributed by atoms with van der Waals surface area (Å²) in [5.74, 6) is -1.84. The first-order valence-corrected chi connectivity index (χ1v) is 14.1. The molecule has 0 aliphatic rings. The number of nitro benzene ring substituents is 1. The van der Waals surface area contributed by atoms with Crippen molar-refractivity contribution in [3.63, 3.8) is 0 Å². The monoisotopic (exact) mass is 613 g/mol. The Bertz CT molecular complexity index is 1870. The number of ether oxygens (including phenoxy) is 1. The molecular weight excluding hydrogens is 590 g/mol. The summed E-state index contributed by atoms with van der Waals surface area (Å²) >= 11 is 6.12. The number of carbonyl (C=O) groups excluding carboxylic acids is 2. The summed E-state index contributed by atoms with van der Waals surface area (Å²) in [5.41, 5.74) is -0.367. The maximum absolute atomic E-state index is 13.3. The van der Waals surface area contributed by atoms with Crippen molar-refractivity contribution in [1.82, 2.24) is 9.36 Å². The Labute approximate surface area is 244 Å². The van der Waals surface area contributed by atoms with Gasteiger partial charge in [0.15, 0.2) is 6.10 Å². The highest BCUT2D eigenvalue weighted by Crippen LogP contribution is 2.24. The van der Waals surface area contributed by atoms with Crippen LogP contribution in [0.5, 0.6) is 0 Å². The Balaban J connectivity index is 1.54. The Morgan fingerprint density at radius 2 is 1.74 bits per heavy atom. The van der Waals surface area contributed by atoms with Gasteiger partial charge in [0.2, 0.25) is 0 Å². The molecule has 1 unspecified atom stereocenters. The third-order valence-corrected chi connectivity index (χ3v) is 7.73. The summed E-state index contributed by atoms with van der Waals surface area (Å²) in [6, 6.07) is 17.1. The summed E-state index contributed by atoms with van der Waals surface area (Å²) in [6.07, 6.45) is -1.36. The quantitative estimate of drug-likeness (QED) is 0.162. The molecule has 2 N–H and O–H groups in total. The predicted octanol–water partition coefficient (Wildman–Crippen LogP) is 4.03. The van der Waals surface area contributed by atoms with Gasteiger partial charge in [0, 0.05) is 29.9 Å². The first-order valence-electron chi connectivity index (χ1n) is 12.2. The van der Waals surface area contributed by atoms with Crippen molar-refractivity contribution in [2.24, 2.45) is 7.05 Å². The van der Waals surface area contributed by atoms with E-state index >= 15 is 0 Å². The van der Waals surface area contributed by atoms with E-state index < -0.39 is 43.4 Å². The normalized spacial score (nSPS) is 11.9. The largest absolute Gasteiger partial charge is 0.449 e. The first kappa shape index (κ1) is 30.0. The van der Waals surface area contributed by atoms with Crippen LogP contribution in [-0.2, 0) is 26.6 Å². The number of amides is 1. The maximum atomic E-state index is 13.3. The fourth-order valence-corrected chi connectivity index (χ4v) is 5.42. The van der Waals surface area contributed by atoms with E-state index in [0.717, 1.165) is 24.3 Å². The minimum absolute atomic E-state index is 0.113. The molecular formula is C27H24ClN5O8S. The highest BCUT2D eigenvalue weighted by molar-refractivity contribution is 7.92. The van der Waals surface area contributed by atoms with Crippen LogP contribution >= 0.6 is 11.6 Å². The standard InChI is InChI=1S/C27H24ClN5O8S/c1-16-24(26(35)32(31(16)3)21-9-5-4-6-10-21)30-42(39,40)23-13-18(12-19(28)14-23)27(36)41-17(2)25(34)29-20-8-7-11-22(15-20)33(37)38/h4-15,17,30H,1-3H3,(H,29,34). The van der Waals surface area contributed by atoms with Gasteiger partial charge in [-0.1, -0.05) is 35.9 Å². The zero-order valence-electron chi connectivity index (χ0n) is 22.4. The number of esters is 1. The van der Waals surface area contributed by atoms with Crippen molar-refractivity contribution in [3.8, 4) is 5.69 Å². The highest BCUT2D eigenvalue weighted by Gasteiger charge is 2.26. The van der Waals surface area contributed by atoms with Gasteiger partial charge in [-0.2, -0.15) is 0 Å². The number of benzene rings is 3. The van der Waals surface area contributed by atoms with Crippen molar-refractivity contribution in [3.05, 3.63) is 110 Å². The van der Waals surface area contributed by atoms with E-state index in [0.29, 0.717) is 11.4 Å². The number of carbonyl (C=O) groups is 2. The number of anilines is 2. The molecule has 1 aromatic heterocycles. The minimum Gasteiger partial charge on any atom is -0.449 e. The van der Waals surface area contributed by atoms with E-state index in [9.17, 15) is 32.9 Å². The number of halogens is 1. The van der Waals surface area contributed by atoms with Crippen molar-refractivity contribution in [1.29, 1.82) is 0 Å². The first-order chi connectivity index (χ1) is 19.8. The number of nitrogens with zero attached hydrogens (tertiary/aromatic N) is 3. The number of rotatable bonds is 9. The molecule has 1 atom stereocenters. The number of non-ortho nitro benzene ring substituents is 1. The highest BCUT2D eigenvalue weighted by atomic mass is 35.5. The van der Waals surface area contributed by atoms with Crippen LogP contribution in [0, 0.1) is 17.0 Å². The van der Waals surface area contributed by atoms with Crippen molar-refractivity contribution in [2.75, 3.05) is 10.0 Å². The van der Waals surface area contributed by atoms with Crippen LogP contribution in [0.1, 0.15) is 23.0 Å². The third kappa shape index (κ3) is 6.34. The fourth-order valence-electron chi connectivity index (χ4n) is 3.94. The van der Waals surface area contributed by atoms with Gasteiger partial charge in [-0.15, -0.1) is 0 Å². The third-order valence-electron chi connectivity index (χ3n) is 6.19. The van der Waals surface area contributed by atoms with Gasteiger partial charge in [-0.3, -0.25) is 29.1 Å². The number of nitrogens with one attached hydrogen (secondary N) is 2. The van der Waals surface area contributed by atoms with E-state index in [4.69, 9.17) is 16.3 Å². The molecule has 3 aromatic carbocycles. The van der Waals surface area contributed by atoms with E-state index in [-0.39, 0.29) is 27.6 Å². The Hall–Kier alpha value is -4.95. The van der Waals surface area contributed by atoms with E-state index in [2.05, 4.69) is 10.0 Å². The fraction of sp³-hybridized carbons (Fsp3) is 0.148. The minimum atomic E-state index is -4.42. The maximum Gasteiger partial charge on any atom is 0.338 e. The van der Waals surface area contributed by atoms with Crippen molar-refractivity contribution < 1.29 is 27.7 Å². The number of nitro groups is 1. The Kier molecular flexibility index (Phi) is 8.49. The number of hydrogen-bond donors (Lipinski definition) is 2. The van der Waals surface area contributed by atoms with Crippen LogP contribution in [0.4, 0.5) is 17.1 Å². The van der Waals surface area contributed by atoms with Gasteiger partial charge < -0.3 is 10.1 Å². The lowest BCUT2D eigenvalue weighted by molar-refractivity contribution is -0.384. The molecule has 1 amide bonds. The second-order valence-electron chi connectivity index (χ2n) is 9.06. The Morgan fingerprint density at radius 1 is 1.05 bits per heavy atom. The van der Waals surface area contributed by atoms with E-state index in [1.807, 2.05) is 0 Å². The van der Waals surface area contributed by atoms with Gasteiger partial charge in [0.05, 0.1) is 26.8 Å². The van der Waals surface area contributed by atoms with Gasteiger partial charge in [0.25, 0.3) is 27.2 Å². The molecule has 42 heavy (non-hydrogen) atoms. The molecule has 13 nitrogen and oxygen atoms in total. The average molecular weight is 614 g/mol. The number of aromatic nitrogens is 2. The molecule has 0 saturated carbocycles.